The first-order valence-electron chi connectivity index (χ1n) is 8.50. The van der Waals surface area contributed by atoms with Gasteiger partial charge in [0.1, 0.15) is 11.6 Å². The molecule has 1 fully saturated rings. The van der Waals surface area contributed by atoms with Gasteiger partial charge in [0.25, 0.3) is 5.91 Å². The molecular weight excluding hydrogens is 397 g/mol. The summed E-state index contributed by atoms with van der Waals surface area (Å²) < 4.78 is 2.23. The summed E-state index contributed by atoms with van der Waals surface area (Å²) >= 11 is 12.0. The van der Waals surface area contributed by atoms with Crippen molar-refractivity contribution in [2.24, 2.45) is 0 Å². The average molecular weight is 417 g/mol. The molecule has 1 N–H and O–H groups in total. The Bertz CT molecular complexity index is 781. The van der Waals surface area contributed by atoms with E-state index in [1.165, 1.54) is 0 Å². The highest BCUT2D eigenvalue weighted by atomic mass is 35.5. The van der Waals surface area contributed by atoms with Crippen LogP contribution in [0.25, 0.3) is 0 Å². The lowest BCUT2D eigenvalue weighted by Crippen LogP contribution is -2.39. The van der Waals surface area contributed by atoms with E-state index in [1.807, 2.05) is 4.90 Å². The minimum absolute atomic E-state index is 0. The zero-order valence-corrected chi connectivity index (χ0v) is 16.4. The number of hydrogen-bond donors (Lipinski definition) is 1. The Morgan fingerprint density at radius 1 is 1.08 bits per heavy atom. The van der Waals surface area contributed by atoms with E-state index in [-0.39, 0.29) is 18.3 Å². The number of carbonyl (C=O) groups excluding carboxylic acids is 1. The molecule has 1 saturated heterocycles. The van der Waals surface area contributed by atoms with E-state index in [2.05, 4.69) is 20.1 Å². The molecule has 4 rings (SSSR count). The summed E-state index contributed by atoms with van der Waals surface area (Å²) in [5.74, 6) is 2.41. The quantitative estimate of drug-likeness (QED) is 0.817. The third-order valence-electron chi connectivity index (χ3n) is 4.91. The molecule has 9 heteroatoms. The maximum absolute atomic E-state index is 12.7. The molecule has 2 aliphatic heterocycles. The molecule has 0 atom stereocenters. The van der Waals surface area contributed by atoms with Gasteiger partial charge in [-0.3, -0.25) is 4.79 Å². The summed E-state index contributed by atoms with van der Waals surface area (Å²) in [6.07, 6.45) is 1.79. The zero-order valence-electron chi connectivity index (χ0n) is 14.1. The third kappa shape index (κ3) is 3.83. The number of halogens is 3. The van der Waals surface area contributed by atoms with E-state index >= 15 is 0 Å². The van der Waals surface area contributed by atoms with Crippen molar-refractivity contribution in [1.82, 2.24) is 25.0 Å². The van der Waals surface area contributed by atoms with Gasteiger partial charge in [0, 0.05) is 47.7 Å². The van der Waals surface area contributed by atoms with Gasteiger partial charge in [-0.15, -0.1) is 22.6 Å². The second-order valence-corrected chi connectivity index (χ2v) is 7.40. The zero-order chi connectivity index (χ0) is 17.4. The molecule has 1 aromatic heterocycles. The number of hydrogen-bond acceptors (Lipinski definition) is 4. The van der Waals surface area contributed by atoms with Crippen LogP contribution in [0.3, 0.4) is 0 Å². The normalized spacial score (nSPS) is 17.5. The topological polar surface area (TPSA) is 63.1 Å². The fraction of sp³-hybridized carbons (Fsp3) is 0.471. The minimum Gasteiger partial charge on any atom is -0.339 e. The van der Waals surface area contributed by atoms with Crippen LogP contribution in [0.15, 0.2) is 18.2 Å². The molecule has 0 bridgehead atoms. The maximum Gasteiger partial charge on any atom is 0.253 e. The van der Waals surface area contributed by atoms with E-state index in [1.54, 1.807) is 18.2 Å². The summed E-state index contributed by atoms with van der Waals surface area (Å²) in [7, 11) is 0. The van der Waals surface area contributed by atoms with Crippen molar-refractivity contribution in [3.63, 3.8) is 0 Å². The second-order valence-electron chi connectivity index (χ2n) is 6.53. The first-order chi connectivity index (χ1) is 12.1. The predicted octanol–water partition coefficient (Wildman–Crippen LogP) is 3.13. The molecule has 2 aromatic rings. The molecule has 140 valence electrons. The highest BCUT2D eigenvalue weighted by Crippen LogP contribution is 2.29. The maximum atomic E-state index is 12.7. The van der Waals surface area contributed by atoms with Gasteiger partial charge in [0.2, 0.25) is 0 Å². The number of nitrogens with one attached hydrogen (secondary N) is 1. The van der Waals surface area contributed by atoms with Crippen LogP contribution in [-0.4, -0.2) is 45.2 Å². The van der Waals surface area contributed by atoms with Crippen LogP contribution in [0.4, 0.5) is 0 Å². The van der Waals surface area contributed by atoms with Gasteiger partial charge in [0.05, 0.1) is 6.54 Å². The number of piperidine rings is 1. The highest BCUT2D eigenvalue weighted by Gasteiger charge is 2.29. The van der Waals surface area contributed by atoms with Crippen molar-refractivity contribution >= 4 is 41.5 Å². The monoisotopic (exact) mass is 415 g/mol. The van der Waals surface area contributed by atoms with E-state index in [9.17, 15) is 4.79 Å². The standard InChI is InChI=1S/C17H19Cl2N5O.ClH/c18-13-7-12(8-14(19)9-13)17(25)23-4-1-11(2-5-23)16-22-21-15-10-20-3-6-24(15)16;/h7-9,11,20H,1-6,10H2;1H. The van der Waals surface area contributed by atoms with E-state index in [0.29, 0.717) is 34.6 Å². The summed E-state index contributed by atoms with van der Waals surface area (Å²) in [5, 5.41) is 13.0. The van der Waals surface area contributed by atoms with E-state index in [4.69, 9.17) is 23.2 Å². The molecule has 1 amide bonds. The van der Waals surface area contributed by atoms with Crippen molar-refractivity contribution < 1.29 is 4.79 Å². The van der Waals surface area contributed by atoms with Gasteiger partial charge in [-0.25, -0.2) is 0 Å². The fourth-order valence-corrected chi connectivity index (χ4v) is 4.14. The first-order valence-corrected chi connectivity index (χ1v) is 9.25. The van der Waals surface area contributed by atoms with E-state index < -0.39 is 0 Å². The van der Waals surface area contributed by atoms with Gasteiger partial charge in [-0.05, 0) is 31.0 Å². The second kappa shape index (κ2) is 8.13. The lowest BCUT2D eigenvalue weighted by molar-refractivity contribution is 0.0710. The van der Waals surface area contributed by atoms with Crippen molar-refractivity contribution in [2.45, 2.75) is 31.8 Å². The molecule has 26 heavy (non-hydrogen) atoms. The molecule has 0 unspecified atom stereocenters. The van der Waals surface area contributed by atoms with Crippen LogP contribution < -0.4 is 5.32 Å². The number of benzene rings is 1. The van der Waals surface area contributed by atoms with Gasteiger partial charge in [-0.2, -0.15) is 0 Å². The Kier molecular flexibility index (Phi) is 6.07. The molecule has 0 saturated carbocycles. The Morgan fingerprint density at radius 2 is 1.77 bits per heavy atom. The number of fused-ring (bicyclic) bond motifs is 1. The van der Waals surface area contributed by atoms with E-state index in [0.717, 1.165) is 44.1 Å². The van der Waals surface area contributed by atoms with Gasteiger partial charge in [-0.1, -0.05) is 23.2 Å². The lowest BCUT2D eigenvalue weighted by atomic mass is 9.95. The molecule has 1 aromatic carbocycles. The third-order valence-corrected chi connectivity index (χ3v) is 5.34. The summed E-state index contributed by atoms with van der Waals surface area (Å²) in [5.41, 5.74) is 0.543. The number of aromatic nitrogens is 3. The van der Waals surface area contributed by atoms with Gasteiger partial charge >= 0.3 is 0 Å². The average Bonchev–Trinajstić information content (AvgIpc) is 3.04. The Balaban J connectivity index is 0.00000196. The van der Waals surface area contributed by atoms with Crippen molar-refractivity contribution in [3.8, 4) is 0 Å². The number of likely N-dealkylation sites (tertiary alicyclic amines) is 1. The lowest BCUT2D eigenvalue weighted by Gasteiger charge is -2.32. The molecule has 2 aliphatic rings. The molecule has 0 radical (unpaired) electrons. The summed E-state index contributed by atoms with van der Waals surface area (Å²) in [6.45, 7) is 4.05. The Labute approximate surface area is 168 Å². The molecule has 0 spiro atoms. The highest BCUT2D eigenvalue weighted by molar-refractivity contribution is 6.35. The van der Waals surface area contributed by atoms with Crippen LogP contribution in [-0.2, 0) is 13.1 Å². The van der Waals surface area contributed by atoms with Crippen LogP contribution in [0.5, 0.6) is 0 Å². The largest absolute Gasteiger partial charge is 0.339 e. The predicted molar refractivity (Wildman–Crippen MR) is 103 cm³/mol. The molecular formula is C17H20Cl3N5O. The molecule has 3 heterocycles. The van der Waals surface area contributed by atoms with Crippen LogP contribution in [0.2, 0.25) is 10.0 Å². The smallest absolute Gasteiger partial charge is 0.253 e. The van der Waals surface area contributed by atoms with Crippen molar-refractivity contribution in [1.29, 1.82) is 0 Å². The summed E-state index contributed by atoms with van der Waals surface area (Å²) in [4.78, 5) is 14.6. The fourth-order valence-electron chi connectivity index (χ4n) is 3.62. The Morgan fingerprint density at radius 3 is 2.46 bits per heavy atom. The minimum atomic E-state index is -0.0182. The first kappa shape index (κ1) is 19.4. The van der Waals surface area contributed by atoms with Crippen molar-refractivity contribution in [3.05, 3.63) is 45.5 Å². The number of nitrogens with zero attached hydrogens (tertiary/aromatic N) is 4. The Hall–Kier alpha value is -1.34. The van der Waals surface area contributed by atoms with Crippen LogP contribution in [0, 0.1) is 0 Å². The number of rotatable bonds is 2. The number of amides is 1. The molecule has 0 aliphatic carbocycles. The number of carbonyl (C=O) groups is 1. The van der Waals surface area contributed by atoms with Gasteiger partial charge < -0.3 is 14.8 Å². The summed E-state index contributed by atoms with van der Waals surface area (Å²) in [6, 6.07) is 4.98. The SMILES string of the molecule is Cl.O=C(c1cc(Cl)cc(Cl)c1)N1CCC(c2nnc3n2CCNC3)CC1. The van der Waals surface area contributed by atoms with Crippen molar-refractivity contribution in [2.75, 3.05) is 19.6 Å². The molecule has 6 nitrogen and oxygen atoms in total. The van der Waals surface area contributed by atoms with Crippen LogP contribution >= 0.6 is 35.6 Å². The van der Waals surface area contributed by atoms with Gasteiger partial charge in [0.15, 0.2) is 0 Å². The van der Waals surface area contributed by atoms with Crippen LogP contribution in [0.1, 0.15) is 40.8 Å².